The van der Waals surface area contributed by atoms with Gasteiger partial charge in [0.25, 0.3) is 0 Å². The van der Waals surface area contributed by atoms with Crippen LogP contribution in [0.3, 0.4) is 0 Å². The maximum Gasteiger partial charge on any atom is 0.460 e. The normalized spacial score (nSPS) is 17.1. The van der Waals surface area contributed by atoms with Gasteiger partial charge >= 0.3 is 118 Å². The fourth-order valence-electron chi connectivity index (χ4n) is 3.61. The number of hydrogen-bond acceptors (Lipinski definition) is 3. The number of carbonyl (C=O) groups is 1. The zero-order chi connectivity index (χ0) is 55.7. The van der Waals surface area contributed by atoms with Gasteiger partial charge in [-0.3, -0.25) is 0 Å². The molecule has 0 aromatic rings. The molecule has 0 saturated heterocycles. The highest BCUT2D eigenvalue weighted by Gasteiger charge is 3.00. The van der Waals surface area contributed by atoms with E-state index < -0.39 is 152 Å². The molecule has 0 atom stereocenters. The molecule has 0 aliphatic carbocycles. The number of thioether (sulfide) groups is 2. The van der Waals surface area contributed by atoms with Gasteiger partial charge in [-0.25, -0.2) is 0 Å². The molecular weight excluding hydrogens is 1140 g/mol. The minimum Gasteiger partial charge on any atom is -0.301 e. The van der Waals surface area contributed by atoms with Crippen molar-refractivity contribution in [2.24, 2.45) is 0 Å². The first-order chi connectivity index (χ1) is 28.1. The standard InChI is InChI=1S/C22H2F42OS2/c23-3(24,7(31,32)11(39,40)15(47,48)19(55,56)57)5(27,28)9(35,36)13(43,44)17(51,52)21(61,62)66-2(1-65)67-22(63,64)18(53,54)14(45,46)10(37,38)6(29,30)4(25,26)8(33,34)12(41,42)16(49,50)20(58,59)60/h1-2H. The van der Waals surface area contributed by atoms with E-state index in [-0.39, 0.29) is 0 Å². The van der Waals surface area contributed by atoms with Crippen molar-refractivity contribution in [2.45, 2.75) is 122 Å². The number of hydrogen-bond donors (Lipinski definition) is 0. The molecule has 0 aliphatic rings. The molecule has 0 heterocycles. The van der Waals surface area contributed by atoms with E-state index in [1.165, 1.54) is 0 Å². The second-order valence-corrected chi connectivity index (χ2v) is 14.8. The van der Waals surface area contributed by atoms with Gasteiger partial charge in [0.1, 0.15) is 10.9 Å². The van der Waals surface area contributed by atoms with Crippen LogP contribution in [-0.2, 0) is 4.79 Å². The van der Waals surface area contributed by atoms with Gasteiger partial charge in [0.05, 0.1) is 0 Å². The Kier molecular flexibility index (Phi) is 15.6. The molecular formula is C22H2F42OS2. The largest absolute Gasteiger partial charge is 0.460 e. The second-order valence-electron chi connectivity index (χ2n) is 12.0. The van der Waals surface area contributed by atoms with E-state index in [2.05, 4.69) is 0 Å². The highest BCUT2D eigenvalue weighted by molar-refractivity contribution is 8.18. The van der Waals surface area contributed by atoms with Crippen LogP contribution < -0.4 is 0 Å². The highest BCUT2D eigenvalue weighted by Crippen LogP contribution is 2.70. The van der Waals surface area contributed by atoms with E-state index >= 15 is 0 Å². The molecule has 0 spiro atoms. The number of alkyl halides is 42. The summed E-state index contributed by atoms with van der Waals surface area (Å²) < 4.78 is 561. The third-order valence-corrected chi connectivity index (χ3v) is 9.97. The molecule has 0 fully saturated rings. The van der Waals surface area contributed by atoms with Crippen molar-refractivity contribution in [3.05, 3.63) is 0 Å². The third-order valence-electron chi connectivity index (χ3n) is 7.60. The number of halogens is 42. The monoisotopic (exact) mass is 1140 g/mol. The molecule has 402 valence electrons. The molecule has 67 heavy (non-hydrogen) atoms. The van der Waals surface area contributed by atoms with Crippen molar-refractivity contribution in [2.75, 3.05) is 0 Å². The van der Waals surface area contributed by atoms with Crippen LogP contribution in [0, 0.1) is 0 Å². The molecule has 0 unspecified atom stereocenters. The Morgan fingerprint density at radius 2 is 0.328 bits per heavy atom. The predicted molar refractivity (Wildman–Crippen MR) is 126 cm³/mol. The van der Waals surface area contributed by atoms with Gasteiger partial charge in [0.15, 0.2) is 0 Å². The van der Waals surface area contributed by atoms with Crippen molar-refractivity contribution in [1.82, 2.24) is 0 Å². The van der Waals surface area contributed by atoms with E-state index in [1.807, 2.05) is 0 Å². The topological polar surface area (TPSA) is 17.1 Å². The first-order valence-corrected chi connectivity index (χ1v) is 15.6. The predicted octanol–water partition coefficient (Wildman–Crippen LogP) is 14.5. The summed E-state index contributed by atoms with van der Waals surface area (Å²) in [6, 6.07) is 0. The smallest absolute Gasteiger partial charge is 0.301 e. The van der Waals surface area contributed by atoms with Crippen LogP contribution in [-0.4, -0.2) is 128 Å². The molecule has 0 aromatic heterocycles. The first-order valence-electron chi connectivity index (χ1n) is 13.9. The van der Waals surface area contributed by atoms with Crippen molar-refractivity contribution in [3.8, 4) is 0 Å². The van der Waals surface area contributed by atoms with E-state index in [9.17, 15) is 189 Å². The van der Waals surface area contributed by atoms with Crippen LogP contribution in [0.1, 0.15) is 0 Å². The van der Waals surface area contributed by atoms with Crippen LogP contribution in [0.15, 0.2) is 0 Å². The summed E-state index contributed by atoms with van der Waals surface area (Å²) in [6.07, 6.45) is -19.3. The third kappa shape index (κ3) is 8.14. The van der Waals surface area contributed by atoms with Crippen molar-refractivity contribution < 1.29 is 189 Å². The summed E-state index contributed by atoms with van der Waals surface area (Å²) in [4.78, 5) is 10.8. The average Bonchev–Trinajstić information content (AvgIpc) is 3.08. The summed E-state index contributed by atoms with van der Waals surface area (Å²) >= 11 is -7.55. The summed E-state index contributed by atoms with van der Waals surface area (Å²) in [5, 5.41) is -16.8. The van der Waals surface area contributed by atoms with Gasteiger partial charge in [0.2, 0.25) is 0 Å². The first kappa shape index (κ1) is 64.4. The summed E-state index contributed by atoms with van der Waals surface area (Å²) in [6.45, 7) is 0. The number of aldehydes is 1. The van der Waals surface area contributed by atoms with Gasteiger partial charge < -0.3 is 4.79 Å². The Labute approximate surface area is 342 Å². The molecule has 45 heteroatoms. The van der Waals surface area contributed by atoms with Crippen molar-refractivity contribution >= 4 is 29.8 Å². The highest BCUT2D eigenvalue weighted by atomic mass is 32.2. The van der Waals surface area contributed by atoms with E-state index in [4.69, 9.17) is 0 Å². The van der Waals surface area contributed by atoms with E-state index in [1.54, 1.807) is 0 Å². The molecule has 0 rings (SSSR count). The molecule has 0 amide bonds. The minimum atomic E-state index is -9.91. The Morgan fingerprint density at radius 1 is 0.209 bits per heavy atom. The lowest BCUT2D eigenvalue weighted by atomic mass is 9.87. The molecule has 0 aliphatic heterocycles. The molecule has 0 aromatic carbocycles. The zero-order valence-corrected chi connectivity index (χ0v) is 29.9. The molecule has 0 saturated carbocycles. The van der Waals surface area contributed by atoms with Gasteiger partial charge in [0, 0.05) is 0 Å². The average molecular weight is 1140 g/mol. The Balaban J connectivity index is 7.45. The maximum atomic E-state index is 14.2. The fraction of sp³-hybridized carbons (Fsp3) is 0.955. The number of rotatable bonds is 21. The maximum absolute atomic E-state index is 14.2. The van der Waals surface area contributed by atoms with E-state index in [0.29, 0.717) is 0 Å². The van der Waals surface area contributed by atoms with Gasteiger partial charge in [-0.15, -0.1) is 0 Å². The lowest BCUT2D eigenvalue weighted by molar-refractivity contribution is -0.472. The van der Waals surface area contributed by atoms with Gasteiger partial charge in [-0.2, -0.15) is 184 Å². The van der Waals surface area contributed by atoms with Crippen LogP contribution in [0.4, 0.5) is 184 Å². The van der Waals surface area contributed by atoms with E-state index in [0.717, 1.165) is 0 Å². The molecule has 0 N–H and O–H groups in total. The van der Waals surface area contributed by atoms with Crippen molar-refractivity contribution in [3.63, 3.8) is 0 Å². The van der Waals surface area contributed by atoms with Gasteiger partial charge in [-0.05, 0) is 0 Å². The lowest BCUT2D eigenvalue weighted by Crippen LogP contribution is -2.76. The second kappa shape index (κ2) is 16.2. The number of carbonyl (C=O) groups excluding carboxylic acids is 1. The SMILES string of the molecule is O=CC(SC(F)(F)C(F)(F)C(F)(F)C(F)(F)C(F)(F)C(F)(F)C(F)(F)C(F)(F)C(F)(F)C(F)(F)F)SC(F)(F)C(F)(F)C(F)(F)C(F)(F)C(F)(F)C(F)(F)C(F)(F)C(F)(F)C(F)(F)C(F)(F)F. The van der Waals surface area contributed by atoms with Gasteiger partial charge in [-0.1, -0.05) is 23.5 Å². The Hall–Kier alpha value is -2.57. The fourth-order valence-corrected chi connectivity index (χ4v) is 5.77. The van der Waals surface area contributed by atoms with Crippen molar-refractivity contribution in [1.29, 1.82) is 0 Å². The lowest BCUT2D eigenvalue weighted by Gasteiger charge is -2.45. The van der Waals surface area contributed by atoms with Crippen LogP contribution >= 0.6 is 23.5 Å². The minimum absolute atomic E-state index is 2.45. The Bertz CT molecular complexity index is 1650. The summed E-state index contributed by atoms with van der Waals surface area (Å²) in [5.41, 5.74) is 0. The summed E-state index contributed by atoms with van der Waals surface area (Å²) in [7, 11) is 0. The molecule has 1 nitrogen and oxygen atoms in total. The van der Waals surface area contributed by atoms with Crippen LogP contribution in [0.5, 0.6) is 0 Å². The quantitative estimate of drug-likeness (QED) is 0.0648. The van der Waals surface area contributed by atoms with Crippen LogP contribution in [0.25, 0.3) is 0 Å². The molecule has 0 radical (unpaired) electrons. The Morgan fingerprint density at radius 3 is 0.448 bits per heavy atom. The van der Waals surface area contributed by atoms with Crippen LogP contribution in [0.2, 0.25) is 0 Å². The molecule has 0 bridgehead atoms. The zero-order valence-electron chi connectivity index (χ0n) is 28.3. The summed E-state index contributed by atoms with van der Waals surface area (Å²) in [5.74, 6) is -153.